The average molecular weight is 445 g/mol. The molecule has 0 bridgehead atoms. The van der Waals surface area contributed by atoms with Gasteiger partial charge in [0, 0.05) is 50.7 Å². The summed E-state index contributed by atoms with van der Waals surface area (Å²) >= 11 is 0. The van der Waals surface area contributed by atoms with E-state index in [4.69, 9.17) is 0 Å². The number of anilines is 1. The number of nitrogens with one attached hydrogen (secondary N) is 1. The third kappa shape index (κ3) is 4.12. The van der Waals surface area contributed by atoms with Gasteiger partial charge in [-0.2, -0.15) is 4.31 Å². The molecule has 0 unspecified atom stereocenters. The standard InChI is InChI=1S/C22H28N4O4S/c1-16-18(22(28)25-10-3-4-11-25)8-7-9-19(16)23-21(27)20-14-17(15-24(20)2)31(29,30)26-12-5-6-13-26/h7-9,14-15H,3-6,10-13H2,1-2H3,(H,23,27). The summed E-state index contributed by atoms with van der Waals surface area (Å²) in [6.07, 6.45) is 5.20. The lowest BCUT2D eigenvalue weighted by Crippen LogP contribution is -2.28. The van der Waals surface area contributed by atoms with Gasteiger partial charge in [0.05, 0.1) is 0 Å². The molecule has 2 fully saturated rings. The highest BCUT2D eigenvalue weighted by atomic mass is 32.2. The molecule has 0 atom stereocenters. The number of aryl methyl sites for hydroxylation is 1. The fourth-order valence-electron chi connectivity index (χ4n) is 4.26. The first-order chi connectivity index (χ1) is 14.8. The quantitative estimate of drug-likeness (QED) is 0.767. The van der Waals surface area contributed by atoms with Crippen LogP contribution < -0.4 is 5.32 Å². The van der Waals surface area contributed by atoms with Crippen LogP contribution in [0.15, 0.2) is 35.4 Å². The van der Waals surface area contributed by atoms with Crippen molar-refractivity contribution in [1.29, 1.82) is 0 Å². The molecule has 2 aliphatic rings. The van der Waals surface area contributed by atoms with Gasteiger partial charge in [-0.1, -0.05) is 6.07 Å². The highest BCUT2D eigenvalue weighted by Gasteiger charge is 2.29. The van der Waals surface area contributed by atoms with Crippen LogP contribution in [0.5, 0.6) is 0 Å². The predicted molar refractivity (Wildman–Crippen MR) is 118 cm³/mol. The molecule has 8 nitrogen and oxygen atoms in total. The summed E-state index contributed by atoms with van der Waals surface area (Å²) in [5.74, 6) is -0.441. The minimum atomic E-state index is -3.60. The highest BCUT2D eigenvalue weighted by molar-refractivity contribution is 7.89. The molecule has 2 aliphatic heterocycles. The summed E-state index contributed by atoms with van der Waals surface area (Å²) in [7, 11) is -1.95. The molecular weight excluding hydrogens is 416 g/mol. The number of hydrogen-bond acceptors (Lipinski definition) is 4. The fraction of sp³-hybridized carbons (Fsp3) is 0.455. The lowest BCUT2D eigenvalue weighted by atomic mass is 10.1. The average Bonchev–Trinajstić information content (AvgIpc) is 3.50. The van der Waals surface area contributed by atoms with Crippen molar-refractivity contribution in [3.8, 4) is 0 Å². The van der Waals surface area contributed by atoms with Gasteiger partial charge in [-0.25, -0.2) is 8.42 Å². The van der Waals surface area contributed by atoms with Crippen LogP contribution >= 0.6 is 0 Å². The van der Waals surface area contributed by atoms with E-state index in [1.807, 2.05) is 11.8 Å². The second-order valence-electron chi connectivity index (χ2n) is 8.21. The SMILES string of the molecule is Cc1c(NC(=O)c2cc(S(=O)(=O)N3CCCC3)cn2C)cccc1C(=O)N1CCCC1. The molecule has 0 aliphatic carbocycles. The van der Waals surface area contributed by atoms with Gasteiger partial charge in [0.1, 0.15) is 10.6 Å². The summed E-state index contributed by atoms with van der Waals surface area (Å²) in [6.45, 7) is 4.34. The highest BCUT2D eigenvalue weighted by Crippen LogP contribution is 2.25. The summed E-state index contributed by atoms with van der Waals surface area (Å²) in [4.78, 5) is 27.7. The number of rotatable bonds is 5. The molecule has 2 saturated heterocycles. The summed E-state index contributed by atoms with van der Waals surface area (Å²) in [5.41, 5.74) is 2.06. The molecule has 2 aromatic rings. The zero-order valence-corrected chi connectivity index (χ0v) is 18.7. The van der Waals surface area contributed by atoms with Gasteiger partial charge >= 0.3 is 0 Å². The summed E-state index contributed by atoms with van der Waals surface area (Å²) in [5, 5.41) is 2.85. The van der Waals surface area contributed by atoms with Crippen LogP contribution in [0.2, 0.25) is 0 Å². The summed E-state index contributed by atoms with van der Waals surface area (Å²) in [6, 6.07) is 6.69. The smallest absolute Gasteiger partial charge is 0.272 e. The Morgan fingerprint density at radius 1 is 1.00 bits per heavy atom. The Bertz CT molecular complexity index is 1110. The normalized spacial score (nSPS) is 17.3. The fourth-order valence-corrected chi connectivity index (χ4v) is 5.85. The number of nitrogens with zero attached hydrogens (tertiary/aromatic N) is 3. The van der Waals surface area contributed by atoms with Gasteiger partial charge < -0.3 is 14.8 Å². The van der Waals surface area contributed by atoms with E-state index in [-0.39, 0.29) is 16.5 Å². The van der Waals surface area contributed by atoms with Crippen molar-refractivity contribution in [2.75, 3.05) is 31.5 Å². The van der Waals surface area contributed by atoms with Gasteiger partial charge in [-0.3, -0.25) is 9.59 Å². The molecule has 31 heavy (non-hydrogen) atoms. The molecule has 1 aromatic carbocycles. The third-order valence-corrected chi connectivity index (χ3v) is 7.98. The van der Waals surface area contributed by atoms with Crippen molar-refractivity contribution in [1.82, 2.24) is 13.8 Å². The Labute approximate surface area is 182 Å². The Balaban J connectivity index is 1.56. The van der Waals surface area contributed by atoms with Gasteiger partial charge in [0.25, 0.3) is 11.8 Å². The molecule has 9 heteroatoms. The molecule has 0 radical (unpaired) electrons. The molecule has 2 amide bonds. The van der Waals surface area contributed by atoms with Crippen molar-refractivity contribution >= 4 is 27.5 Å². The topological polar surface area (TPSA) is 91.7 Å². The molecular formula is C22H28N4O4S. The van der Waals surface area contributed by atoms with E-state index in [2.05, 4.69) is 5.32 Å². The largest absolute Gasteiger partial charge is 0.345 e. The lowest BCUT2D eigenvalue weighted by molar-refractivity contribution is 0.0791. The first kappa shape index (κ1) is 21.6. The Morgan fingerprint density at radius 2 is 1.65 bits per heavy atom. The minimum Gasteiger partial charge on any atom is -0.345 e. The maximum Gasteiger partial charge on any atom is 0.272 e. The van der Waals surface area contributed by atoms with Gasteiger partial charge in [0.15, 0.2) is 0 Å². The zero-order chi connectivity index (χ0) is 22.2. The molecule has 3 heterocycles. The van der Waals surface area contributed by atoms with E-state index in [1.54, 1.807) is 25.2 Å². The Hall–Kier alpha value is -2.65. The molecule has 0 saturated carbocycles. The molecule has 1 aromatic heterocycles. The maximum absolute atomic E-state index is 13.0. The van der Waals surface area contributed by atoms with Crippen molar-refractivity contribution in [2.24, 2.45) is 7.05 Å². The number of aromatic nitrogens is 1. The molecule has 0 spiro atoms. The second-order valence-corrected chi connectivity index (χ2v) is 10.2. The monoisotopic (exact) mass is 444 g/mol. The first-order valence-electron chi connectivity index (χ1n) is 10.7. The van der Waals surface area contributed by atoms with Crippen LogP contribution in [0.3, 0.4) is 0 Å². The number of sulfonamides is 1. The maximum atomic E-state index is 13.0. The van der Waals surface area contributed by atoms with Crippen LogP contribution in [-0.4, -0.2) is 60.2 Å². The number of carbonyl (C=O) groups excluding carboxylic acids is 2. The van der Waals surface area contributed by atoms with Crippen LogP contribution in [0.25, 0.3) is 0 Å². The van der Waals surface area contributed by atoms with Gasteiger partial charge in [0.2, 0.25) is 10.0 Å². The Morgan fingerprint density at radius 3 is 2.32 bits per heavy atom. The Kier molecular flexibility index (Phi) is 5.90. The third-order valence-electron chi connectivity index (χ3n) is 6.12. The minimum absolute atomic E-state index is 0.0241. The number of carbonyl (C=O) groups is 2. The van der Waals surface area contributed by atoms with Gasteiger partial charge in [-0.15, -0.1) is 0 Å². The van der Waals surface area contributed by atoms with Gasteiger partial charge in [-0.05, 0) is 56.4 Å². The molecule has 4 rings (SSSR count). The van der Waals surface area contributed by atoms with Crippen LogP contribution in [0, 0.1) is 6.92 Å². The number of likely N-dealkylation sites (tertiary alicyclic amines) is 1. The van der Waals surface area contributed by atoms with Crippen molar-refractivity contribution < 1.29 is 18.0 Å². The van der Waals surface area contributed by atoms with E-state index in [0.717, 1.165) is 38.8 Å². The second kappa shape index (κ2) is 8.47. The van der Waals surface area contributed by atoms with E-state index < -0.39 is 15.9 Å². The van der Waals surface area contributed by atoms with Crippen molar-refractivity contribution in [2.45, 2.75) is 37.5 Å². The number of amides is 2. The van der Waals surface area contributed by atoms with Crippen molar-refractivity contribution in [3.63, 3.8) is 0 Å². The van der Waals surface area contributed by atoms with Crippen molar-refractivity contribution in [3.05, 3.63) is 47.3 Å². The van der Waals surface area contributed by atoms with E-state index in [0.29, 0.717) is 29.9 Å². The number of benzene rings is 1. The van der Waals surface area contributed by atoms with Crippen LogP contribution in [0.4, 0.5) is 5.69 Å². The zero-order valence-electron chi connectivity index (χ0n) is 17.9. The van der Waals surface area contributed by atoms with Crippen LogP contribution in [0.1, 0.15) is 52.1 Å². The first-order valence-corrected chi connectivity index (χ1v) is 12.1. The number of hydrogen-bond donors (Lipinski definition) is 1. The molecule has 1 N–H and O–H groups in total. The van der Waals surface area contributed by atoms with E-state index in [1.165, 1.54) is 21.1 Å². The predicted octanol–water partition coefficient (Wildman–Crippen LogP) is 2.61. The molecule has 166 valence electrons. The van der Waals surface area contributed by atoms with E-state index in [9.17, 15) is 18.0 Å². The van der Waals surface area contributed by atoms with Crippen LogP contribution in [-0.2, 0) is 17.1 Å². The van der Waals surface area contributed by atoms with E-state index >= 15 is 0 Å². The summed E-state index contributed by atoms with van der Waals surface area (Å²) < 4.78 is 28.6. The lowest BCUT2D eigenvalue weighted by Gasteiger charge is -2.18.